The number of thioether (sulfide) groups is 1. The molecule has 1 aliphatic heterocycles. The van der Waals surface area contributed by atoms with Crippen LogP contribution in [0.25, 0.3) is 6.08 Å². The first-order valence-electron chi connectivity index (χ1n) is 7.79. The summed E-state index contributed by atoms with van der Waals surface area (Å²) in [4.78, 5) is 36.9. The van der Waals surface area contributed by atoms with Gasteiger partial charge in [0, 0.05) is 0 Å². The van der Waals surface area contributed by atoms with E-state index in [2.05, 4.69) is 18.6 Å². The lowest BCUT2D eigenvalue weighted by Gasteiger charge is -2.15. The van der Waals surface area contributed by atoms with Crippen LogP contribution in [0.1, 0.15) is 36.5 Å². The van der Waals surface area contributed by atoms with Crippen LogP contribution >= 0.6 is 11.8 Å². The summed E-state index contributed by atoms with van der Waals surface area (Å²) in [5.41, 5.74) is 2.79. The van der Waals surface area contributed by atoms with Crippen LogP contribution in [0.3, 0.4) is 0 Å². The molecule has 1 aliphatic rings. The quantitative estimate of drug-likeness (QED) is 0.590. The Morgan fingerprint density at radius 2 is 1.96 bits per heavy atom. The minimum atomic E-state index is -0.633. The van der Waals surface area contributed by atoms with E-state index < -0.39 is 17.1 Å². The number of ether oxygens (including phenoxy) is 2. The Hall–Kier alpha value is -2.28. The molecule has 2 rings (SSSR count). The van der Waals surface area contributed by atoms with E-state index in [1.165, 1.54) is 7.11 Å². The molecule has 6 nitrogen and oxygen atoms in total. The van der Waals surface area contributed by atoms with E-state index >= 15 is 0 Å². The van der Waals surface area contributed by atoms with Crippen molar-refractivity contribution in [3.63, 3.8) is 0 Å². The molecule has 0 N–H and O–H groups in total. The van der Waals surface area contributed by atoms with Crippen molar-refractivity contribution in [1.82, 2.24) is 4.90 Å². The topological polar surface area (TPSA) is 72.9 Å². The molecule has 7 heteroatoms. The Balaban J connectivity index is 2.37. The summed E-state index contributed by atoms with van der Waals surface area (Å²) < 4.78 is 9.94. The minimum absolute atomic E-state index is 0.247. The summed E-state index contributed by atoms with van der Waals surface area (Å²) in [6.07, 6.45) is 1.68. The lowest BCUT2D eigenvalue weighted by Crippen LogP contribution is -2.34. The van der Waals surface area contributed by atoms with Crippen molar-refractivity contribution in [2.45, 2.75) is 26.7 Å². The van der Waals surface area contributed by atoms with Gasteiger partial charge in [0.05, 0.1) is 19.1 Å². The number of hydrogen-bond acceptors (Lipinski definition) is 6. The third kappa shape index (κ3) is 4.04. The average molecular weight is 363 g/mol. The maximum atomic E-state index is 12.4. The Morgan fingerprint density at radius 3 is 2.52 bits per heavy atom. The summed E-state index contributed by atoms with van der Waals surface area (Å²) in [5.74, 6) is -0.0754. The van der Waals surface area contributed by atoms with Crippen LogP contribution in [0.4, 0.5) is 4.79 Å². The molecule has 0 aromatic heterocycles. The van der Waals surface area contributed by atoms with Gasteiger partial charge in [-0.2, -0.15) is 0 Å². The molecule has 0 saturated carbocycles. The predicted molar refractivity (Wildman–Crippen MR) is 96.5 cm³/mol. The van der Waals surface area contributed by atoms with Crippen molar-refractivity contribution < 1.29 is 23.9 Å². The summed E-state index contributed by atoms with van der Waals surface area (Å²) >= 11 is 0.822. The molecule has 0 aliphatic carbocycles. The van der Waals surface area contributed by atoms with E-state index in [9.17, 15) is 14.4 Å². The molecular formula is C18H21NO5S. The SMILES string of the molecule is COC(=O)CN1C(=O)S/C(=C\c2cc(C(C)C)c(OC)cc2C)C1=O. The van der Waals surface area contributed by atoms with Crippen molar-refractivity contribution in [2.24, 2.45) is 0 Å². The molecule has 1 heterocycles. The van der Waals surface area contributed by atoms with Crippen LogP contribution in [-0.4, -0.2) is 42.8 Å². The smallest absolute Gasteiger partial charge is 0.325 e. The first-order valence-corrected chi connectivity index (χ1v) is 8.60. The first-order chi connectivity index (χ1) is 11.8. The molecule has 0 radical (unpaired) electrons. The number of nitrogens with zero attached hydrogens (tertiary/aromatic N) is 1. The number of amides is 2. The van der Waals surface area contributed by atoms with Gasteiger partial charge >= 0.3 is 5.97 Å². The molecule has 1 aromatic carbocycles. The number of carbonyl (C=O) groups excluding carboxylic acids is 3. The lowest BCUT2D eigenvalue weighted by molar-refractivity contribution is -0.143. The van der Waals surface area contributed by atoms with Crippen LogP contribution in [0.5, 0.6) is 5.75 Å². The Morgan fingerprint density at radius 1 is 1.28 bits per heavy atom. The number of benzene rings is 1. The molecule has 1 saturated heterocycles. The Kier molecular flexibility index (Phi) is 5.89. The Labute approximate surface area is 151 Å². The largest absolute Gasteiger partial charge is 0.496 e. The van der Waals surface area contributed by atoms with Crippen LogP contribution in [-0.2, 0) is 14.3 Å². The number of esters is 1. The van der Waals surface area contributed by atoms with Gasteiger partial charge in [-0.05, 0) is 59.5 Å². The highest BCUT2D eigenvalue weighted by Crippen LogP contribution is 2.35. The van der Waals surface area contributed by atoms with Gasteiger partial charge < -0.3 is 9.47 Å². The molecule has 0 spiro atoms. The number of carbonyl (C=O) groups is 3. The molecular weight excluding hydrogens is 342 g/mol. The van der Waals surface area contributed by atoms with E-state index in [0.717, 1.165) is 39.1 Å². The zero-order valence-corrected chi connectivity index (χ0v) is 15.7. The van der Waals surface area contributed by atoms with E-state index in [4.69, 9.17) is 4.74 Å². The molecule has 25 heavy (non-hydrogen) atoms. The van der Waals surface area contributed by atoms with Crippen LogP contribution in [0.2, 0.25) is 0 Å². The predicted octanol–water partition coefficient (Wildman–Crippen LogP) is 3.34. The standard InChI is InChI=1S/C18H21NO5S/c1-10(2)13-7-12(11(3)6-14(13)23-4)8-15-17(21)19(18(22)25-15)9-16(20)24-5/h6-8,10H,9H2,1-5H3/b15-8-. The summed E-state index contributed by atoms with van der Waals surface area (Å²) in [5, 5.41) is -0.475. The number of imide groups is 1. The van der Waals surface area contributed by atoms with Crippen molar-refractivity contribution in [2.75, 3.05) is 20.8 Å². The third-order valence-electron chi connectivity index (χ3n) is 3.92. The van der Waals surface area contributed by atoms with Crippen molar-refractivity contribution in [3.8, 4) is 5.75 Å². The van der Waals surface area contributed by atoms with Gasteiger partial charge in [0.2, 0.25) is 0 Å². The second kappa shape index (κ2) is 7.74. The van der Waals surface area contributed by atoms with Gasteiger partial charge in [0.25, 0.3) is 11.1 Å². The van der Waals surface area contributed by atoms with Crippen LogP contribution in [0.15, 0.2) is 17.0 Å². The van der Waals surface area contributed by atoms with Crippen molar-refractivity contribution in [3.05, 3.63) is 33.7 Å². The highest BCUT2D eigenvalue weighted by Gasteiger charge is 2.36. The maximum absolute atomic E-state index is 12.4. The Bertz CT molecular complexity index is 754. The molecule has 134 valence electrons. The molecule has 0 unspecified atom stereocenters. The van der Waals surface area contributed by atoms with E-state index in [0.29, 0.717) is 0 Å². The first kappa shape index (κ1) is 19.1. The van der Waals surface area contributed by atoms with Crippen molar-refractivity contribution >= 4 is 35.0 Å². The van der Waals surface area contributed by atoms with E-state index in [1.54, 1.807) is 13.2 Å². The molecule has 2 amide bonds. The maximum Gasteiger partial charge on any atom is 0.325 e. The average Bonchev–Trinajstić information content (AvgIpc) is 2.83. The third-order valence-corrected chi connectivity index (χ3v) is 4.82. The lowest BCUT2D eigenvalue weighted by atomic mass is 9.96. The van der Waals surface area contributed by atoms with Gasteiger partial charge in [-0.1, -0.05) is 13.8 Å². The van der Waals surface area contributed by atoms with Gasteiger partial charge in [0.1, 0.15) is 12.3 Å². The second-order valence-corrected chi connectivity index (χ2v) is 6.94. The van der Waals surface area contributed by atoms with Gasteiger partial charge in [-0.15, -0.1) is 0 Å². The summed E-state index contributed by atoms with van der Waals surface area (Å²) in [6, 6.07) is 3.88. The fraction of sp³-hybridized carbons (Fsp3) is 0.389. The van der Waals surface area contributed by atoms with E-state index in [-0.39, 0.29) is 17.4 Å². The molecule has 0 atom stereocenters. The van der Waals surface area contributed by atoms with Crippen LogP contribution < -0.4 is 4.74 Å². The zero-order valence-electron chi connectivity index (χ0n) is 14.9. The summed E-state index contributed by atoms with van der Waals surface area (Å²) in [7, 11) is 2.84. The number of rotatable bonds is 5. The number of hydrogen-bond donors (Lipinski definition) is 0. The monoisotopic (exact) mass is 363 g/mol. The molecule has 1 aromatic rings. The summed E-state index contributed by atoms with van der Waals surface area (Å²) in [6.45, 7) is 5.65. The number of aryl methyl sites for hydroxylation is 1. The van der Waals surface area contributed by atoms with E-state index in [1.807, 2.05) is 19.1 Å². The molecule has 1 fully saturated rings. The van der Waals surface area contributed by atoms with Crippen molar-refractivity contribution in [1.29, 1.82) is 0 Å². The van der Waals surface area contributed by atoms with Gasteiger partial charge in [0.15, 0.2) is 0 Å². The molecule has 0 bridgehead atoms. The highest BCUT2D eigenvalue weighted by atomic mass is 32.2. The normalized spacial score (nSPS) is 16.1. The van der Waals surface area contributed by atoms with Gasteiger partial charge in [-0.25, -0.2) is 0 Å². The number of methoxy groups -OCH3 is 2. The van der Waals surface area contributed by atoms with Crippen LogP contribution in [0, 0.1) is 6.92 Å². The minimum Gasteiger partial charge on any atom is -0.496 e. The second-order valence-electron chi connectivity index (χ2n) is 5.95. The highest BCUT2D eigenvalue weighted by molar-refractivity contribution is 8.18. The van der Waals surface area contributed by atoms with Gasteiger partial charge in [-0.3, -0.25) is 19.3 Å². The fourth-order valence-electron chi connectivity index (χ4n) is 2.47. The zero-order chi connectivity index (χ0) is 18.7. The fourth-order valence-corrected chi connectivity index (χ4v) is 3.30.